The molecule has 0 spiro atoms. The first-order valence-corrected chi connectivity index (χ1v) is 5.14. The van der Waals surface area contributed by atoms with Crippen LogP contribution in [0.1, 0.15) is 26.2 Å². The van der Waals surface area contributed by atoms with Crippen molar-refractivity contribution < 1.29 is 4.79 Å². The van der Waals surface area contributed by atoms with E-state index in [0.29, 0.717) is 17.7 Å². The maximum absolute atomic E-state index is 11.8. The van der Waals surface area contributed by atoms with E-state index in [1.54, 1.807) is 0 Å². The quantitative estimate of drug-likeness (QED) is 0.562. The van der Waals surface area contributed by atoms with Crippen LogP contribution in [0.2, 0.25) is 0 Å². The Labute approximate surface area is 79.6 Å². The van der Waals surface area contributed by atoms with Gasteiger partial charge in [0.2, 0.25) is 5.91 Å². The second-order valence-corrected chi connectivity index (χ2v) is 4.39. The second kappa shape index (κ2) is 3.17. The molecular formula is C11H17NO. The van der Waals surface area contributed by atoms with E-state index in [1.807, 2.05) is 4.90 Å². The van der Waals surface area contributed by atoms with Crippen LogP contribution in [0.4, 0.5) is 0 Å². The SMILES string of the molecule is C=C1CCN(C(=O)[C@@H]2C[C@H]2C)CC1. The molecule has 2 heteroatoms. The predicted molar refractivity (Wildman–Crippen MR) is 52.2 cm³/mol. The molecule has 0 bridgehead atoms. The van der Waals surface area contributed by atoms with Gasteiger partial charge in [0.25, 0.3) is 0 Å². The standard InChI is InChI=1S/C11H17NO/c1-8-3-5-12(6-4-8)11(13)10-7-9(10)2/h9-10H,1,3-7H2,2H3/t9-,10-/m1/s1. The first kappa shape index (κ1) is 8.79. The maximum atomic E-state index is 11.8. The fourth-order valence-corrected chi connectivity index (χ4v) is 1.94. The Morgan fingerprint density at radius 1 is 1.46 bits per heavy atom. The van der Waals surface area contributed by atoms with Crippen molar-refractivity contribution in [1.29, 1.82) is 0 Å². The van der Waals surface area contributed by atoms with E-state index < -0.39 is 0 Å². The Balaban J connectivity index is 1.87. The van der Waals surface area contributed by atoms with Crippen molar-refractivity contribution >= 4 is 5.91 Å². The largest absolute Gasteiger partial charge is 0.342 e. The van der Waals surface area contributed by atoms with Crippen LogP contribution < -0.4 is 0 Å². The molecule has 1 amide bonds. The summed E-state index contributed by atoms with van der Waals surface area (Å²) in [7, 11) is 0. The topological polar surface area (TPSA) is 20.3 Å². The highest BCUT2D eigenvalue weighted by Crippen LogP contribution is 2.39. The third-order valence-electron chi connectivity index (χ3n) is 3.21. The molecule has 2 aliphatic rings. The predicted octanol–water partition coefficient (Wildman–Crippen LogP) is 1.82. The minimum atomic E-state index is 0.353. The first-order valence-electron chi connectivity index (χ1n) is 5.14. The molecule has 0 aromatic rings. The number of hydrogen-bond acceptors (Lipinski definition) is 1. The third kappa shape index (κ3) is 1.77. The molecule has 1 saturated carbocycles. The molecule has 1 aliphatic carbocycles. The summed E-state index contributed by atoms with van der Waals surface area (Å²) in [4.78, 5) is 13.8. The van der Waals surface area contributed by atoms with Gasteiger partial charge in [0, 0.05) is 19.0 Å². The smallest absolute Gasteiger partial charge is 0.225 e. The molecule has 1 heterocycles. The Morgan fingerprint density at radius 2 is 2.00 bits per heavy atom. The van der Waals surface area contributed by atoms with Gasteiger partial charge in [-0.2, -0.15) is 0 Å². The average Bonchev–Trinajstić information content (AvgIpc) is 2.83. The van der Waals surface area contributed by atoms with Crippen molar-refractivity contribution in [2.24, 2.45) is 11.8 Å². The molecule has 2 fully saturated rings. The molecule has 72 valence electrons. The van der Waals surface area contributed by atoms with Gasteiger partial charge in [0.05, 0.1) is 0 Å². The van der Waals surface area contributed by atoms with Gasteiger partial charge < -0.3 is 4.90 Å². The molecule has 1 aliphatic heterocycles. The van der Waals surface area contributed by atoms with Crippen molar-refractivity contribution in [3.05, 3.63) is 12.2 Å². The van der Waals surface area contributed by atoms with Gasteiger partial charge in [-0.05, 0) is 25.2 Å². The van der Waals surface area contributed by atoms with E-state index in [4.69, 9.17) is 0 Å². The molecule has 2 rings (SSSR count). The lowest BCUT2D eigenvalue weighted by Crippen LogP contribution is -2.37. The van der Waals surface area contributed by atoms with E-state index in [1.165, 1.54) is 5.57 Å². The second-order valence-electron chi connectivity index (χ2n) is 4.39. The van der Waals surface area contributed by atoms with Crippen LogP contribution in [0.15, 0.2) is 12.2 Å². The zero-order valence-corrected chi connectivity index (χ0v) is 8.25. The van der Waals surface area contributed by atoms with Crippen LogP contribution in [0.5, 0.6) is 0 Å². The van der Waals surface area contributed by atoms with Crippen LogP contribution >= 0.6 is 0 Å². The minimum Gasteiger partial charge on any atom is -0.342 e. The number of carbonyl (C=O) groups excluding carboxylic acids is 1. The fraction of sp³-hybridized carbons (Fsp3) is 0.727. The third-order valence-corrected chi connectivity index (χ3v) is 3.21. The number of rotatable bonds is 1. The minimum absolute atomic E-state index is 0.353. The van der Waals surface area contributed by atoms with Crippen LogP contribution in [0, 0.1) is 11.8 Å². The summed E-state index contributed by atoms with van der Waals surface area (Å²) in [5.41, 5.74) is 1.30. The molecular weight excluding hydrogens is 162 g/mol. The van der Waals surface area contributed by atoms with Crippen LogP contribution in [-0.4, -0.2) is 23.9 Å². The summed E-state index contributed by atoms with van der Waals surface area (Å²) in [6.07, 6.45) is 3.12. The summed E-state index contributed by atoms with van der Waals surface area (Å²) in [6.45, 7) is 7.91. The fourth-order valence-electron chi connectivity index (χ4n) is 1.94. The summed E-state index contributed by atoms with van der Waals surface area (Å²) in [5.74, 6) is 1.38. The highest BCUT2D eigenvalue weighted by atomic mass is 16.2. The maximum Gasteiger partial charge on any atom is 0.225 e. The molecule has 0 aromatic carbocycles. The molecule has 1 saturated heterocycles. The molecule has 0 radical (unpaired) electrons. The highest BCUT2D eigenvalue weighted by Gasteiger charge is 2.41. The molecule has 2 nitrogen and oxygen atoms in total. The lowest BCUT2D eigenvalue weighted by atomic mass is 10.1. The molecule has 13 heavy (non-hydrogen) atoms. The number of piperidine rings is 1. The van der Waals surface area contributed by atoms with E-state index in [-0.39, 0.29) is 0 Å². The van der Waals surface area contributed by atoms with Crippen molar-refractivity contribution in [2.45, 2.75) is 26.2 Å². The van der Waals surface area contributed by atoms with Gasteiger partial charge in [0.1, 0.15) is 0 Å². The van der Waals surface area contributed by atoms with Gasteiger partial charge in [-0.25, -0.2) is 0 Å². The lowest BCUT2D eigenvalue weighted by Gasteiger charge is -2.28. The molecule has 0 aromatic heterocycles. The van der Waals surface area contributed by atoms with Gasteiger partial charge >= 0.3 is 0 Å². The summed E-state index contributed by atoms with van der Waals surface area (Å²) < 4.78 is 0. The molecule has 2 atom stereocenters. The van der Waals surface area contributed by atoms with Crippen LogP contribution in [0.25, 0.3) is 0 Å². The Hall–Kier alpha value is -0.790. The van der Waals surface area contributed by atoms with Crippen molar-refractivity contribution in [3.8, 4) is 0 Å². The first-order chi connectivity index (χ1) is 6.18. The Morgan fingerprint density at radius 3 is 2.46 bits per heavy atom. The van der Waals surface area contributed by atoms with Crippen LogP contribution in [-0.2, 0) is 4.79 Å². The van der Waals surface area contributed by atoms with Crippen molar-refractivity contribution in [1.82, 2.24) is 4.90 Å². The number of likely N-dealkylation sites (tertiary alicyclic amines) is 1. The zero-order valence-electron chi connectivity index (χ0n) is 8.25. The number of carbonyl (C=O) groups is 1. The number of amides is 1. The van der Waals surface area contributed by atoms with E-state index in [9.17, 15) is 4.79 Å². The average molecular weight is 179 g/mol. The lowest BCUT2D eigenvalue weighted by molar-refractivity contribution is -0.133. The van der Waals surface area contributed by atoms with Crippen LogP contribution in [0.3, 0.4) is 0 Å². The number of hydrogen-bond donors (Lipinski definition) is 0. The normalized spacial score (nSPS) is 33.3. The van der Waals surface area contributed by atoms with Crippen molar-refractivity contribution in [3.63, 3.8) is 0 Å². The van der Waals surface area contributed by atoms with Gasteiger partial charge in [-0.1, -0.05) is 19.1 Å². The van der Waals surface area contributed by atoms with E-state index in [0.717, 1.165) is 32.4 Å². The number of nitrogens with zero attached hydrogens (tertiary/aromatic N) is 1. The summed E-state index contributed by atoms with van der Waals surface area (Å²) >= 11 is 0. The Bertz CT molecular complexity index is 236. The van der Waals surface area contributed by atoms with Gasteiger partial charge in [-0.15, -0.1) is 0 Å². The van der Waals surface area contributed by atoms with Crippen molar-refractivity contribution in [2.75, 3.05) is 13.1 Å². The van der Waals surface area contributed by atoms with E-state index >= 15 is 0 Å². The van der Waals surface area contributed by atoms with Gasteiger partial charge in [-0.3, -0.25) is 4.79 Å². The Kier molecular flexibility index (Phi) is 2.14. The summed E-state index contributed by atoms with van der Waals surface area (Å²) in [6, 6.07) is 0. The highest BCUT2D eigenvalue weighted by molar-refractivity contribution is 5.81. The summed E-state index contributed by atoms with van der Waals surface area (Å²) in [5, 5.41) is 0. The molecule has 0 N–H and O–H groups in total. The van der Waals surface area contributed by atoms with Gasteiger partial charge in [0.15, 0.2) is 0 Å². The van der Waals surface area contributed by atoms with E-state index in [2.05, 4.69) is 13.5 Å². The zero-order chi connectivity index (χ0) is 9.42. The monoisotopic (exact) mass is 179 g/mol. The molecule has 0 unspecified atom stereocenters.